The topological polar surface area (TPSA) is 53.9 Å². The van der Waals surface area contributed by atoms with Crippen molar-refractivity contribution in [3.63, 3.8) is 0 Å². The maximum Gasteiger partial charge on any atom is 0.279 e. The van der Waals surface area contributed by atoms with Gasteiger partial charge in [-0.2, -0.15) is 0 Å². The predicted molar refractivity (Wildman–Crippen MR) is 102 cm³/mol. The van der Waals surface area contributed by atoms with Gasteiger partial charge in [-0.1, -0.05) is 17.7 Å². The molecule has 5 nitrogen and oxygen atoms in total. The number of likely N-dealkylation sites (N-methyl/N-ethyl adjacent to an activating group) is 2. The molecule has 2 aromatic rings. The van der Waals surface area contributed by atoms with Crippen molar-refractivity contribution < 1.29 is 14.5 Å². The van der Waals surface area contributed by atoms with E-state index in [4.69, 9.17) is 0 Å². The normalized spacial score (nSPS) is 11.8. The maximum atomic E-state index is 12.3. The number of rotatable bonds is 7. The highest BCUT2D eigenvalue weighted by Gasteiger charge is 2.18. The molecule has 134 valence electrons. The molecule has 2 rings (SSSR count). The summed E-state index contributed by atoms with van der Waals surface area (Å²) in [5, 5.41) is 4.90. The first-order valence-corrected chi connectivity index (χ1v) is 9.18. The highest BCUT2D eigenvalue weighted by molar-refractivity contribution is 7.10. The van der Waals surface area contributed by atoms with Gasteiger partial charge in [0.05, 0.1) is 13.6 Å². The van der Waals surface area contributed by atoms with Crippen LogP contribution >= 0.6 is 11.3 Å². The molecular formula is C19H26N3O2S+. The fourth-order valence-electron chi connectivity index (χ4n) is 2.44. The Kier molecular flexibility index (Phi) is 6.73. The second kappa shape index (κ2) is 8.78. The third-order valence-electron chi connectivity index (χ3n) is 4.03. The van der Waals surface area contributed by atoms with Gasteiger partial charge in [0.15, 0.2) is 13.1 Å². The molecule has 0 saturated heterocycles. The molecule has 2 amide bonds. The highest BCUT2D eigenvalue weighted by atomic mass is 32.1. The summed E-state index contributed by atoms with van der Waals surface area (Å²) in [6.07, 6.45) is 0. The van der Waals surface area contributed by atoms with E-state index in [9.17, 15) is 9.59 Å². The smallest absolute Gasteiger partial charge is 0.279 e. The minimum Gasteiger partial charge on any atom is -0.336 e. The molecule has 0 fully saturated rings. The molecule has 2 N–H and O–H groups in total. The molecule has 0 bridgehead atoms. The fraction of sp³-hybridized carbons (Fsp3) is 0.368. The SMILES string of the molecule is Cc1ccc(NC(=O)C[NH+](C)CC(=O)N(C)Cc2sccc2C)cc1. The van der Waals surface area contributed by atoms with Crippen molar-refractivity contribution in [3.05, 3.63) is 51.7 Å². The summed E-state index contributed by atoms with van der Waals surface area (Å²) in [6, 6.07) is 9.73. The fourth-order valence-corrected chi connectivity index (χ4v) is 3.40. The molecule has 1 aromatic carbocycles. The van der Waals surface area contributed by atoms with E-state index >= 15 is 0 Å². The van der Waals surface area contributed by atoms with Crippen molar-refractivity contribution in [2.24, 2.45) is 0 Å². The Morgan fingerprint density at radius 1 is 1.12 bits per heavy atom. The van der Waals surface area contributed by atoms with Crippen molar-refractivity contribution in [1.82, 2.24) is 4.90 Å². The first-order chi connectivity index (χ1) is 11.8. The second-order valence-electron chi connectivity index (χ2n) is 6.50. The third-order valence-corrected chi connectivity index (χ3v) is 5.03. The molecule has 1 heterocycles. The van der Waals surface area contributed by atoms with Gasteiger partial charge in [0.2, 0.25) is 0 Å². The third kappa shape index (κ3) is 5.99. The summed E-state index contributed by atoms with van der Waals surface area (Å²) < 4.78 is 0. The number of anilines is 1. The number of aryl methyl sites for hydroxylation is 2. The molecule has 0 spiro atoms. The number of thiophene rings is 1. The number of amides is 2. The summed E-state index contributed by atoms with van der Waals surface area (Å²) in [5.74, 6) is -0.0562. The van der Waals surface area contributed by atoms with Crippen molar-refractivity contribution >= 4 is 28.8 Å². The number of hydrogen-bond acceptors (Lipinski definition) is 3. The van der Waals surface area contributed by atoms with Crippen LogP contribution in [0.4, 0.5) is 5.69 Å². The van der Waals surface area contributed by atoms with E-state index in [2.05, 4.69) is 18.3 Å². The van der Waals surface area contributed by atoms with E-state index in [-0.39, 0.29) is 18.4 Å². The van der Waals surface area contributed by atoms with E-state index in [1.165, 1.54) is 10.4 Å². The zero-order chi connectivity index (χ0) is 18.4. The van der Waals surface area contributed by atoms with Crippen LogP contribution in [0.15, 0.2) is 35.7 Å². The molecule has 0 aliphatic heterocycles. The van der Waals surface area contributed by atoms with Crippen LogP contribution in [0.3, 0.4) is 0 Å². The summed E-state index contributed by atoms with van der Waals surface area (Å²) in [7, 11) is 3.66. The first kappa shape index (κ1) is 19.1. The Labute approximate surface area is 153 Å². The van der Waals surface area contributed by atoms with E-state index in [1.54, 1.807) is 23.3 Å². The quantitative estimate of drug-likeness (QED) is 0.786. The van der Waals surface area contributed by atoms with Gasteiger partial charge < -0.3 is 15.1 Å². The monoisotopic (exact) mass is 360 g/mol. The number of hydrogen-bond donors (Lipinski definition) is 2. The van der Waals surface area contributed by atoms with Crippen LogP contribution in [0.25, 0.3) is 0 Å². The molecule has 6 heteroatoms. The van der Waals surface area contributed by atoms with Crippen molar-refractivity contribution in [2.45, 2.75) is 20.4 Å². The number of carbonyl (C=O) groups excluding carboxylic acids is 2. The van der Waals surface area contributed by atoms with Crippen molar-refractivity contribution in [1.29, 1.82) is 0 Å². The Balaban J connectivity index is 1.79. The van der Waals surface area contributed by atoms with Crippen LogP contribution in [-0.2, 0) is 16.1 Å². The maximum absolute atomic E-state index is 12.3. The molecule has 0 saturated carbocycles. The summed E-state index contributed by atoms with van der Waals surface area (Å²) in [4.78, 5) is 28.2. The Morgan fingerprint density at radius 2 is 1.80 bits per heavy atom. The van der Waals surface area contributed by atoms with Crippen LogP contribution < -0.4 is 10.2 Å². The van der Waals surface area contributed by atoms with Gasteiger partial charge in [-0.3, -0.25) is 9.59 Å². The lowest BCUT2D eigenvalue weighted by Gasteiger charge is -2.19. The lowest BCUT2D eigenvalue weighted by atomic mass is 10.2. The predicted octanol–water partition coefficient (Wildman–Crippen LogP) is 1.48. The lowest BCUT2D eigenvalue weighted by molar-refractivity contribution is -0.862. The number of nitrogens with one attached hydrogen (secondary N) is 2. The van der Waals surface area contributed by atoms with Crippen LogP contribution in [0.1, 0.15) is 16.0 Å². The van der Waals surface area contributed by atoms with E-state index < -0.39 is 0 Å². The number of nitrogens with zero attached hydrogens (tertiary/aromatic N) is 1. The zero-order valence-corrected chi connectivity index (χ0v) is 16.1. The molecular weight excluding hydrogens is 334 g/mol. The van der Waals surface area contributed by atoms with Crippen LogP contribution in [0.5, 0.6) is 0 Å². The minimum atomic E-state index is -0.0918. The van der Waals surface area contributed by atoms with Crippen molar-refractivity contribution in [2.75, 3.05) is 32.5 Å². The average molecular weight is 361 g/mol. The van der Waals surface area contributed by atoms with Gasteiger partial charge in [0, 0.05) is 17.6 Å². The standard InChI is InChI=1S/C19H25N3O2S/c1-14-5-7-16(8-6-14)20-18(23)12-21(3)13-19(24)22(4)11-17-15(2)9-10-25-17/h5-10H,11-13H2,1-4H3,(H,20,23)/p+1. The number of benzene rings is 1. The largest absolute Gasteiger partial charge is 0.336 e. The second-order valence-corrected chi connectivity index (χ2v) is 7.50. The van der Waals surface area contributed by atoms with Gasteiger partial charge in [0.1, 0.15) is 0 Å². The summed E-state index contributed by atoms with van der Waals surface area (Å²) >= 11 is 1.66. The first-order valence-electron chi connectivity index (χ1n) is 8.30. The van der Waals surface area contributed by atoms with Gasteiger partial charge in [0.25, 0.3) is 11.8 Å². The highest BCUT2D eigenvalue weighted by Crippen LogP contribution is 2.17. The summed E-state index contributed by atoms with van der Waals surface area (Å²) in [6.45, 7) is 5.22. The molecule has 25 heavy (non-hydrogen) atoms. The van der Waals surface area contributed by atoms with Crippen LogP contribution in [0.2, 0.25) is 0 Å². The van der Waals surface area contributed by atoms with E-state index in [1.807, 2.05) is 43.6 Å². The summed E-state index contributed by atoms with van der Waals surface area (Å²) in [5.41, 5.74) is 3.14. The molecule has 0 radical (unpaired) electrons. The lowest BCUT2D eigenvalue weighted by Crippen LogP contribution is -3.11. The van der Waals surface area contributed by atoms with Gasteiger partial charge in [-0.15, -0.1) is 11.3 Å². The van der Waals surface area contributed by atoms with E-state index in [0.717, 1.165) is 16.2 Å². The molecule has 1 aromatic heterocycles. The van der Waals surface area contributed by atoms with Gasteiger partial charge in [-0.05, 0) is 43.0 Å². The molecule has 1 atom stereocenters. The van der Waals surface area contributed by atoms with Gasteiger partial charge >= 0.3 is 0 Å². The number of carbonyl (C=O) groups is 2. The van der Waals surface area contributed by atoms with Crippen LogP contribution in [0, 0.1) is 13.8 Å². The van der Waals surface area contributed by atoms with Crippen LogP contribution in [-0.4, -0.2) is 43.9 Å². The minimum absolute atomic E-state index is 0.0356. The van der Waals surface area contributed by atoms with Crippen molar-refractivity contribution in [3.8, 4) is 0 Å². The Hall–Kier alpha value is -2.18. The van der Waals surface area contributed by atoms with Gasteiger partial charge in [-0.25, -0.2) is 0 Å². The molecule has 0 aliphatic rings. The average Bonchev–Trinajstić information content (AvgIpc) is 2.94. The number of quaternary nitrogens is 1. The molecule has 0 aliphatic carbocycles. The Bertz CT molecular complexity index is 725. The molecule has 1 unspecified atom stereocenters. The Morgan fingerprint density at radius 3 is 2.40 bits per heavy atom. The van der Waals surface area contributed by atoms with E-state index in [0.29, 0.717) is 13.1 Å². The zero-order valence-electron chi connectivity index (χ0n) is 15.3.